The molecule has 1 aromatic carbocycles. The second-order valence-corrected chi connectivity index (χ2v) is 5.01. The fourth-order valence-corrected chi connectivity index (χ4v) is 2.67. The molecule has 20 heavy (non-hydrogen) atoms. The number of rotatable bonds is 5. The van der Waals surface area contributed by atoms with Crippen LogP contribution in [0.3, 0.4) is 0 Å². The highest BCUT2D eigenvalue weighted by molar-refractivity contribution is 5.89. The van der Waals surface area contributed by atoms with E-state index in [1.54, 1.807) is 0 Å². The fourth-order valence-electron chi connectivity index (χ4n) is 2.67. The summed E-state index contributed by atoms with van der Waals surface area (Å²) in [6, 6.07) is 8.33. The molecule has 1 aliphatic heterocycles. The van der Waals surface area contributed by atoms with E-state index >= 15 is 0 Å². The van der Waals surface area contributed by atoms with Gasteiger partial charge in [0.05, 0.1) is 12.7 Å². The van der Waals surface area contributed by atoms with E-state index in [-0.39, 0.29) is 18.4 Å². The van der Waals surface area contributed by atoms with Gasteiger partial charge in [-0.3, -0.25) is 4.90 Å². The Morgan fingerprint density at radius 1 is 1.40 bits per heavy atom. The van der Waals surface area contributed by atoms with Crippen molar-refractivity contribution in [2.75, 3.05) is 27.2 Å². The normalized spacial score (nSPS) is 18.6. The van der Waals surface area contributed by atoms with E-state index in [9.17, 15) is 4.79 Å². The van der Waals surface area contributed by atoms with E-state index in [0.29, 0.717) is 11.6 Å². The smallest absolute Gasteiger partial charge is 0.337 e. The summed E-state index contributed by atoms with van der Waals surface area (Å²) >= 11 is 0. The third-order valence-corrected chi connectivity index (χ3v) is 3.70. The van der Waals surface area contributed by atoms with Gasteiger partial charge in [0, 0.05) is 19.1 Å². The number of esters is 1. The molecule has 1 heterocycles. The average Bonchev–Trinajstić information content (AvgIpc) is 2.86. The Kier molecular flexibility index (Phi) is 6.99. The summed E-state index contributed by atoms with van der Waals surface area (Å²) < 4.78 is 4.70. The number of nitrogens with one attached hydrogen (secondary N) is 1. The number of likely N-dealkylation sites (N-methyl/N-ethyl adjacent to an activating group) is 1. The Morgan fingerprint density at radius 3 is 2.70 bits per heavy atom. The van der Waals surface area contributed by atoms with Crippen LogP contribution in [-0.4, -0.2) is 44.2 Å². The lowest BCUT2D eigenvalue weighted by Crippen LogP contribution is -2.36. The van der Waals surface area contributed by atoms with Gasteiger partial charge in [-0.25, -0.2) is 4.79 Å². The maximum atomic E-state index is 11.4. The van der Waals surface area contributed by atoms with Crippen molar-refractivity contribution < 1.29 is 9.53 Å². The molecule has 0 aliphatic carbocycles. The van der Waals surface area contributed by atoms with Crippen LogP contribution >= 0.6 is 12.4 Å². The zero-order valence-electron chi connectivity index (χ0n) is 12.1. The Labute approximate surface area is 126 Å². The lowest BCUT2D eigenvalue weighted by Gasteiger charge is -2.24. The van der Waals surface area contributed by atoms with Gasteiger partial charge in [-0.15, -0.1) is 12.4 Å². The maximum Gasteiger partial charge on any atom is 0.337 e. The van der Waals surface area contributed by atoms with Gasteiger partial charge in [0.2, 0.25) is 0 Å². The van der Waals surface area contributed by atoms with Gasteiger partial charge in [-0.2, -0.15) is 0 Å². The first-order valence-corrected chi connectivity index (χ1v) is 6.80. The number of benzene rings is 1. The van der Waals surface area contributed by atoms with Crippen molar-refractivity contribution in [3.05, 3.63) is 35.4 Å². The van der Waals surface area contributed by atoms with Gasteiger partial charge in [-0.1, -0.05) is 12.1 Å². The molecule has 0 spiro atoms. The van der Waals surface area contributed by atoms with E-state index in [0.717, 1.165) is 19.6 Å². The fraction of sp³-hybridized carbons (Fsp3) is 0.533. The molecule has 0 bridgehead atoms. The molecular weight excluding hydrogens is 276 g/mol. The number of carbonyl (C=O) groups excluding carboxylic acids is 1. The molecule has 0 amide bonds. The molecule has 2 rings (SSSR count). The SMILES string of the molecule is CNCC1CCCN1Cc1ccc(C(=O)OC)cc1.Cl. The van der Waals surface area contributed by atoms with E-state index in [4.69, 9.17) is 4.74 Å². The Hall–Kier alpha value is -1.10. The van der Waals surface area contributed by atoms with Gasteiger partial charge >= 0.3 is 5.97 Å². The number of halogens is 1. The third-order valence-electron chi connectivity index (χ3n) is 3.70. The lowest BCUT2D eigenvalue weighted by atomic mass is 10.1. The largest absolute Gasteiger partial charge is 0.465 e. The summed E-state index contributed by atoms with van der Waals surface area (Å²) in [7, 11) is 3.41. The number of ether oxygens (including phenoxy) is 1. The van der Waals surface area contributed by atoms with Crippen molar-refractivity contribution in [2.45, 2.75) is 25.4 Å². The van der Waals surface area contributed by atoms with Crippen molar-refractivity contribution in [3.8, 4) is 0 Å². The van der Waals surface area contributed by atoms with Crippen LogP contribution in [0.4, 0.5) is 0 Å². The van der Waals surface area contributed by atoms with Crippen molar-refractivity contribution in [1.82, 2.24) is 10.2 Å². The lowest BCUT2D eigenvalue weighted by molar-refractivity contribution is 0.0600. The molecule has 5 heteroatoms. The van der Waals surface area contributed by atoms with Crippen LogP contribution in [0.1, 0.15) is 28.8 Å². The minimum absolute atomic E-state index is 0. The molecule has 0 radical (unpaired) electrons. The molecule has 1 unspecified atom stereocenters. The van der Waals surface area contributed by atoms with Gasteiger partial charge in [-0.05, 0) is 44.1 Å². The van der Waals surface area contributed by atoms with E-state index in [2.05, 4.69) is 10.2 Å². The van der Waals surface area contributed by atoms with Crippen LogP contribution in [0.15, 0.2) is 24.3 Å². The van der Waals surface area contributed by atoms with Crippen LogP contribution in [0, 0.1) is 0 Å². The molecule has 1 fully saturated rings. The minimum Gasteiger partial charge on any atom is -0.465 e. The molecule has 1 N–H and O–H groups in total. The maximum absolute atomic E-state index is 11.4. The molecule has 4 nitrogen and oxygen atoms in total. The Balaban J connectivity index is 0.00000200. The molecule has 0 saturated carbocycles. The molecule has 1 aliphatic rings. The van der Waals surface area contributed by atoms with E-state index < -0.39 is 0 Å². The van der Waals surface area contributed by atoms with Crippen LogP contribution < -0.4 is 5.32 Å². The average molecular weight is 299 g/mol. The Morgan fingerprint density at radius 2 is 2.10 bits per heavy atom. The van der Waals surface area contributed by atoms with Gasteiger partial charge < -0.3 is 10.1 Å². The second-order valence-electron chi connectivity index (χ2n) is 5.01. The quantitative estimate of drug-likeness (QED) is 0.845. The zero-order valence-corrected chi connectivity index (χ0v) is 12.9. The summed E-state index contributed by atoms with van der Waals surface area (Å²) in [5, 5.41) is 3.25. The number of carbonyl (C=O) groups is 1. The van der Waals surface area contributed by atoms with Gasteiger partial charge in [0.25, 0.3) is 0 Å². The standard InChI is InChI=1S/C15H22N2O2.ClH/c1-16-10-14-4-3-9-17(14)11-12-5-7-13(8-6-12)15(18)19-2;/h5-8,14,16H,3-4,9-11H2,1-2H3;1H. The van der Waals surface area contributed by atoms with Crippen molar-refractivity contribution >= 4 is 18.4 Å². The Bertz CT molecular complexity index is 422. The molecule has 1 atom stereocenters. The predicted octanol–water partition coefficient (Wildman–Crippen LogP) is 2.08. The number of likely N-dealkylation sites (tertiary alicyclic amines) is 1. The van der Waals surface area contributed by atoms with Gasteiger partial charge in [0.15, 0.2) is 0 Å². The number of nitrogens with zero attached hydrogens (tertiary/aromatic N) is 1. The molecular formula is C15H23ClN2O2. The zero-order chi connectivity index (χ0) is 13.7. The number of hydrogen-bond acceptors (Lipinski definition) is 4. The monoisotopic (exact) mass is 298 g/mol. The van der Waals surface area contributed by atoms with Crippen LogP contribution in [0.2, 0.25) is 0 Å². The summed E-state index contributed by atoms with van der Waals surface area (Å²) in [5.74, 6) is -0.277. The first-order valence-electron chi connectivity index (χ1n) is 6.80. The number of hydrogen-bond donors (Lipinski definition) is 1. The topological polar surface area (TPSA) is 41.6 Å². The highest BCUT2D eigenvalue weighted by Crippen LogP contribution is 2.19. The first kappa shape index (κ1) is 17.0. The predicted molar refractivity (Wildman–Crippen MR) is 82.4 cm³/mol. The summed E-state index contributed by atoms with van der Waals surface area (Å²) in [4.78, 5) is 13.9. The summed E-state index contributed by atoms with van der Waals surface area (Å²) in [6.07, 6.45) is 2.54. The minimum atomic E-state index is -0.277. The summed E-state index contributed by atoms with van der Waals surface area (Å²) in [5.41, 5.74) is 1.86. The first-order chi connectivity index (χ1) is 9.24. The molecule has 1 aromatic rings. The molecule has 0 aromatic heterocycles. The number of methoxy groups -OCH3 is 1. The second kappa shape index (κ2) is 8.25. The highest BCUT2D eigenvalue weighted by Gasteiger charge is 2.23. The van der Waals surface area contributed by atoms with E-state index in [1.807, 2.05) is 31.3 Å². The van der Waals surface area contributed by atoms with Crippen molar-refractivity contribution in [2.24, 2.45) is 0 Å². The summed E-state index contributed by atoms with van der Waals surface area (Å²) in [6.45, 7) is 3.15. The van der Waals surface area contributed by atoms with Crippen molar-refractivity contribution in [3.63, 3.8) is 0 Å². The van der Waals surface area contributed by atoms with Crippen LogP contribution in [0.25, 0.3) is 0 Å². The molecule has 112 valence electrons. The van der Waals surface area contributed by atoms with Gasteiger partial charge in [0.1, 0.15) is 0 Å². The molecule has 1 saturated heterocycles. The third kappa shape index (κ3) is 4.20. The van der Waals surface area contributed by atoms with E-state index in [1.165, 1.54) is 25.5 Å². The van der Waals surface area contributed by atoms with Crippen LogP contribution in [0.5, 0.6) is 0 Å². The van der Waals surface area contributed by atoms with Crippen molar-refractivity contribution in [1.29, 1.82) is 0 Å². The van der Waals surface area contributed by atoms with Crippen LogP contribution in [-0.2, 0) is 11.3 Å². The highest BCUT2D eigenvalue weighted by atomic mass is 35.5.